The van der Waals surface area contributed by atoms with Gasteiger partial charge in [0.15, 0.2) is 0 Å². The van der Waals surface area contributed by atoms with Crippen LogP contribution in [0.1, 0.15) is 23.2 Å². The molecule has 0 bridgehead atoms. The van der Waals surface area contributed by atoms with E-state index < -0.39 is 0 Å². The van der Waals surface area contributed by atoms with E-state index in [2.05, 4.69) is 27.0 Å². The molecule has 1 aromatic heterocycles. The third-order valence-corrected chi connectivity index (χ3v) is 4.23. The first kappa shape index (κ1) is 17.1. The maximum atomic E-state index is 11.9. The minimum atomic E-state index is -0.174. The molecule has 25 heavy (non-hydrogen) atoms. The molecule has 1 aliphatic rings. The normalized spacial score (nSPS) is 12.7. The van der Waals surface area contributed by atoms with E-state index in [9.17, 15) is 4.79 Å². The molecular formula is C19H24N4O2. The van der Waals surface area contributed by atoms with Crippen LogP contribution < -0.4 is 20.7 Å². The summed E-state index contributed by atoms with van der Waals surface area (Å²) in [5.41, 5.74) is 3.29. The number of carbonyl (C=O) groups is 1. The van der Waals surface area contributed by atoms with E-state index in [-0.39, 0.29) is 6.03 Å². The van der Waals surface area contributed by atoms with Gasteiger partial charge in [-0.2, -0.15) is 0 Å². The van der Waals surface area contributed by atoms with Crippen LogP contribution in [0.25, 0.3) is 0 Å². The molecule has 3 rings (SSSR count). The highest BCUT2D eigenvalue weighted by atomic mass is 16.5. The number of aromatic nitrogens is 1. The molecule has 0 saturated heterocycles. The second kappa shape index (κ2) is 8.37. The molecule has 3 N–H and O–H groups in total. The van der Waals surface area contributed by atoms with Crippen molar-refractivity contribution in [2.24, 2.45) is 0 Å². The number of anilines is 1. The van der Waals surface area contributed by atoms with Crippen molar-refractivity contribution in [1.29, 1.82) is 0 Å². The van der Waals surface area contributed by atoms with Gasteiger partial charge in [0.1, 0.15) is 11.6 Å². The molecule has 0 spiro atoms. The van der Waals surface area contributed by atoms with Crippen LogP contribution in [0.2, 0.25) is 0 Å². The van der Waals surface area contributed by atoms with Crippen LogP contribution in [0.15, 0.2) is 36.4 Å². The molecule has 0 unspecified atom stereocenters. The lowest BCUT2D eigenvalue weighted by Gasteiger charge is -2.17. The molecule has 0 atom stereocenters. The number of ether oxygens (including phenoxy) is 1. The molecule has 6 heteroatoms. The van der Waals surface area contributed by atoms with Crippen molar-refractivity contribution in [3.8, 4) is 5.75 Å². The molecule has 1 aliphatic heterocycles. The first-order valence-corrected chi connectivity index (χ1v) is 8.62. The zero-order valence-electron chi connectivity index (χ0n) is 14.5. The summed E-state index contributed by atoms with van der Waals surface area (Å²) in [6.07, 6.45) is 2.95. The van der Waals surface area contributed by atoms with Gasteiger partial charge in [-0.3, -0.25) is 0 Å². The maximum Gasteiger partial charge on any atom is 0.315 e. The van der Waals surface area contributed by atoms with E-state index >= 15 is 0 Å². The maximum absolute atomic E-state index is 11.9. The highest BCUT2D eigenvalue weighted by Gasteiger charge is 2.10. The molecular weight excluding hydrogens is 316 g/mol. The Morgan fingerprint density at radius 1 is 1.20 bits per heavy atom. The fraction of sp³-hybridized carbons (Fsp3) is 0.368. The van der Waals surface area contributed by atoms with Gasteiger partial charge in [0.05, 0.1) is 7.11 Å². The number of aryl methyl sites for hydroxylation is 1. The van der Waals surface area contributed by atoms with Crippen molar-refractivity contribution >= 4 is 11.8 Å². The van der Waals surface area contributed by atoms with Crippen LogP contribution in [0, 0.1) is 0 Å². The summed E-state index contributed by atoms with van der Waals surface area (Å²) in [7, 11) is 1.63. The smallest absolute Gasteiger partial charge is 0.315 e. The first-order chi connectivity index (χ1) is 12.2. The van der Waals surface area contributed by atoms with Gasteiger partial charge in [0.25, 0.3) is 0 Å². The van der Waals surface area contributed by atoms with Crippen molar-refractivity contribution in [3.05, 3.63) is 53.2 Å². The van der Waals surface area contributed by atoms with Gasteiger partial charge >= 0.3 is 6.03 Å². The predicted octanol–water partition coefficient (Wildman–Crippen LogP) is 2.49. The summed E-state index contributed by atoms with van der Waals surface area (Å²) in [4.78, 5) is 16.5. The van der Waals surface area contributed by atoms with E-state index in [1.807, 2.05) is 30.3 Å². The Kier molecular flexibility index (Phi) is 5.72. The van der Waals surface area contributed by atoms with Crippen molar-refractivity contribution in [2.75, 3.05) is 25.5 Å². The molecule has 2 aromatic rings. The number of fused-ring (bicyclic) bond motifs is 1. The van der Waals surface area contributed by atoms with Gasteiger partial charge in [-0.05, 0) is 42.2 Å². The molecule has 132 valence electrons. The number of hydrogen-bond acceptors (Lipinski definition) is 4. The van der Waals surface area contributed by atoms with Gasteiger partial charge in [0, 0.05) is 31.7 Å². The molecule has 2 heterocycles. The Balaban J connectivity index is 1.40. The molecule has 0 aliphatic carbocycles. The number of hydrogen-bond donors (Lipinski definition) is 3. The first-order valence-electron chi connectivity index (χ1n) is 8.62. The lowest BCUT2D eigenvalue weighted by molar-refractivity contribution is 0.240. The van der Waals surface area contributed by atoms with E-state index in [0.29, 0.717) is 19.5 Å². The van der Waals surface area contributed by atoms with Gasteiger partial charge in [-0.15, -0.1) is 0 Å². The van der Waals surface area contributed by atoms with Crippen molar-refractivity contribution in [1.82, 2.24) is 15.6 Å². The number of carbonyl (C=O) groups excluding carboxylic acids is 1. The minimum Gasteiger partial charge on any atom is -0.497 e. The summed E-state index contributed by atoms with van der Waals surface area (Å²) in [6.45, 7) is 2.02. The molecule has 6 nitrogen and oxygen atoms in total. The fourth-order valence-electron chi connectivity index (χ4n) is 2.80. The molecule has 2 amide bonds. The average molecular weight is 340 g/mol. The standard InChI is InChI=1S/C19H24N4O2/c1-25-17-8-4-14(5-9-17)13-22-19(24)21-12-10-16-7-6-15-3-2-11-20-18(15)23-16/h4-9H,2-3,10-13H2,1H3,(H,20,23)(H2,21,22,24). The number of methoxy groups -OCH3 is 1. The molecule has 0 fully saturated rings. The number of amides is 2. The summed E-state index contributed by atoms with van der Waals surface area (Å²) in [5.74, 6) is 1.80. The topological polar surface area (TPSA) is 75.3 Å². The monoisotopic (exact) mass is 340 g/mol. The third-order valence-electron chi connectivity index (χ3n) is 4.23. The van der Waals surface area contributed by atoms with E-state index in [4.69, 9.17) is 4.74 Å². The Bertz CT molecular complexity index is 716. The molecule has 0 radical (unpaired) electrons. The fourth-order valence-corrected chi connectivity index (χ4v) is 2.80. The van der Waals surface area contributed by atoms with Crippen molar-refractivity contribution < 1.29 is 9.53 Å². The van der Waals surface area contributed by atoms with Crippen molar-refractivity contribution in [3.63, 3.8) is 0 Å². The number of benzene rings is 1. The van der Waals surface area contributed by atoms with Crippen molar-refractivity contribution in [2.45, 2.75) is 25.8 Å². The number of pyridine rings is 1. The highest BCUT2D eigenvalue weighted by molar-refractivity contribution is 5.73. The zero-order valence-corrected chi connectivity index (χ0v) is 14.5. The summed E-state index contributed by atoms with van der Waals surface area (Å²) in [5, 5.41) is 9.05. The number of urea groups is 1. The quantitative estimate of drug-likeness (QED) is 0.755. The van der Waals surface area contributed by atoms with E-state index in [1.54, 1.807) is 7.11 Å². The van der Waals surface area contributed by atoms with Gasteiger partial charge in [-0.25, -0.2) is 9.78 Å². The largest absolute Gasteiger partial charge is 0.497 e. The second-order valence-electron chi connectivity index (χ2n) is 6.05. The van der Waals surface area contributed by atoms with Crippen LogP contribution in [0.4, 0.5) is 10.6 Å². The second-order valence-corrected chi connectivity index (χ2v) is 6.05. The van der Waals surface area contributed by atoms with Crippen LogP contribution in [0.3, 0.4) is 0 Å². The number of nitrogens with one attached hydrogen (secondary N) is 3. The molecule has 1 aromatic carbocycles. The SMILES string of the molecule is COc1ccc(CNC(=O)NCCc2ccc3c(n2)NCCC3)cc1. The summed E-state index contributed by atoms with van der Waals surface area (Å²) in [6, 6.07) is 11.6. The van der Waals surface area contributed by atoms with Crippen LogP contribution in [-0.4, -0.2) is 31.2 Å². The van der Waals surface area contributed by atoms with Gasteiger partial charge in [-0.1, -0.05) is 18.2 Å². The zero-order chi connectivity index (χ0) is 17.5. The van der Waals surface area contributed by atoms with Crippen LogP contribution in [-0.2, 0) is 19.4 Å². The summed E-state index contributed by atoms with van der Waals surface area (Å²) < 4.78 is 5.11. The lowest BCUT2D eigenvalue weighted by atomic mass is 10.1. The Morgan fingerprint density at radius 3 is 2.84 bits per heavy atom. The average Bonchev–Trinajstić information content (AvgIpc) is 2.66. The highest BCUT2D eigenvalue weighted by Crippen LogP contribution is 2.19. The summed E-state index contributed by atoms with van der Waals surface area (Å²) >= 11 is 0. The van der Waals surface area contributed by atoms with Gasteiger partial charge < -0.3 is 20.7 Å². The van der Waals surface area contributed by atoms with E-state index in [1.165, 1.54) is 5.56 Å². The Labute approximate surface area is 148 Å². The van der Waals surface area contributed by atoms with Gasteiger partial charge in [0.2, 0.25) is 0 Å². The number of nitrogens with zero attached hydrogens (tertiary/aromatic N) is 1. The number of rotatable bonds is 6. The lowest BCUT2D eigenvalue weighted by Crippen LogP contribution is -2.36. The Hall–Kier alpha value is -2.76. The molecule has 0 saturated carbocycles. The Morgan fingerprint density at radius 2 is 2.04 bits per heavy atom. The van der Waals surface area contributed by atoms with Crippen LogP contribution >= 0.6 is 0 Å². The van der Waals surface area contributed by atoms with Crippen LogP contribution in [0.5, 0.6) is 5.75 Å². The minimum absolute atomic E-state index is 0.174. The van der Waals surface area contributed by atoms with E-state index in [0.717, 1.165) is 42.2 Å². The predicted molar refractivity (Wildman–Crippen MR) is 98.0 cm³/mol. The third kappa shape index (κ3) is 4.86.